The number of hydrogen-bond acceptors (Lipinski definition) is 6. The third kappa shape index (κ3) is 5.62. The Morgan fingerprint density at radius 1 is 1.17 bits per heavy atom. The van der Waals surface area contributed by atoms with Crippen LogP contribution in [0, 0.1) is 11.6 Å². The zero-order valence-electron chi connectivity index (χ0n) is 18.2. The van der Waals surface area contributed by atoms with Gasteiger partial charge in [0.05, 0.1) is 16.3 Å². The van der Waals surface area contributed by atoms with Crippen LogP contribution in [0.4, 0.5) is 27.6 Å². The third-order valence-corrected chi connectivity index (χ3v) is 6.16. The van der Waals surface area contributed by atoms with E-state index in [0.29, 0.717) is 30.4 Å². The molecule has 1 atom stereocenters. The molecule has 0 fully saturated rings. The number of aromatic carboxylic acids is 1. The lowest BCUT2D eigenvalue weighted by Gasteiger charge is -2.20. The number of carbonyl (C=O) groups is 3. The smallest absolute Gasteiger partial charge is 0.425 e. The molecule has 3 aromatic rings. The summed E-state index contributed by atoms with van der Waals surface area (Å²) in [6, 6.07) is 4.68. The number of hydrogen-bond donors (Lipinski definition) is 2. The number of para-hydroxylation sites is 1. The molecular formula is C22H14ClF5N2O5S. The average Bonchev–Trinajstić information content (AvgIpc) is 3.22. The number of nitrogens with one attached hydrogen (secondary N) is 1. The molecule has 1 heterocycles. The predicted octanol–water partition coefficient (Wildman–Crippen LogP) is 6.22. The van der Waals surface area contributed by atoms with Crippen molar-refractivity contribution in [3.05, 3.63) is 63.1 Å². The maximum atomic E-state index is 15.1. The lowest BCUT2D eigenvalue weighted by Crippen LogP contribution is -2.32. The van der Waals surface area contributed by atoms with Gasteiger partial charge in [0.15, 0.2) is 17.6 Å². The van der Waals surface area contributed by atoms with Crippen molar-refractivity contribution in [2.45, 2.75) is 26.1 Å². The predicted molar refractivity (Wildman–Crippen MR) is 120 cm³/mol. The molecule has 1 amide bonds. The van der Waals surface area contributed by atoms with Crippen molar-refractivity contribution in [3.63, 3.8) is 0 Å². The highest BCUT2D eigenvalue weighted by Crippen LogP contribution is 2.37. The molecular weight excluding hydrogens is 535 g/mol. The van der Waals surface area contributed by atoms with E-state index in [1.54, 1.807) is 0 Å². The Morgan fingerprint density at radius 3 is 2.36 bits per heavy atom. The quantitative estimate of drug-likeness (QED) is 0.268. The maximum absolute atomic E-state index is 15.1. The van der Waals surface area contributed by atoms with E-state index in [9.17, 15) is 37.1 Å². The second kappa shape index (κ2) is 10.2. The molecule has 0 spiro atoms. The molecule has 1 unspecified atom stereocenters. The number of halogens is 6. The van der Waals surface area contributed by atoms with Crippen LogP contribution in [0.1, 0.15) is 44.4 Å². The summed E-state index contributed by atoms with van der Waals surface area (Å²) in [5.41, 5.74) is -2.45. The minimum absolute atomic E-state index is 0.229. The van der Waals surface area contributed by atoms with E-state index in [4.69, 9.17) is 16.3 Å². The minimum atomic E-state index is -4.88. The van der Waals surface area contributed by atoms with Gasteiger partial charge in [0.25, 0.3) is 5.91 Å². The van der Waals surface area contributed by atoms with Gasteiger partial charge >= 0.3 is 12.1 Å². The normalized spacial score (nSPS) is 12.2. The fourth-order valence-corrected chi connectivity index (χ4v) is 4.05. The highest BCUT2D eigenvalue weighted by Gasteiger charge is 2.39. The molecule has 0 saturated carbocycles. The monoisotopic (exact) mass is 548 g/mol. The SMILES string of the molecule is CC(=O)c1sc(-c2cc(OC(C)C(F)(F)F)c(C(=O)Nc3c(F)cccc3Cl)cc2F)nc1C(=O)O. The van der Waals surface area contributed by atoms with Crippen molar-refractivity contribution < 1.29 is 46.2 Å². The molecule has 36 heavy (non-hydrogen) atoms. The third-order valence-electron chi connectivity index (χ3n) is 4.66. The van der Waals surface area contributed by atoms with E-state index in [1.807, 2.05) is 0 Å². The number of ether oxygens (including phenoxy) is 1. The average molecular weight is 549 g/mol. The fraction of sp³-hybridized carbons (Fsp3) is 0.182. The molecule has 7 nitrogen and oxygen atoms in total. The number of carboxylic acids is 1. The summed E-state index contributed by atoms with van der Waals surface area (Å²) in [6.45, 7) is 1.69. The van der Waals surface area contributed by atoms with E-state index < -0.39 is 69.8 Å². The Balaban J connectivity index is 2.15. The molecule has 0 aliphatic carbocycles. The summed E-state index contributed by atoms with van der Waals surface area (Å²) in [7, 11) is 0. The fourth-order valence-electron chi connectivity index (χ4n) is 2.87. The maximum Gasteiger partial charge on any atom is 0.425 e. The largest absolute Gasteiger partial charge is 0.480 e. The van der Waals surface area contributed by atoms with Crippen LogP contribution in [-0.2, 0) is 0 Å². The van der Waals surface area contributed by atoms with Crippen LogP contribution in [0.5, 0.6) is 5.75 Å². The molecule has 0 aliphatic rings. The number of anilines is 1. The van der Waals surface area contributed by atoms with Gasteiger partial charge in [-0.15, -0.1) is 11.3 Å². The van der Waals surface area contributed by atoms with Crippen LogP contribution in [0.15, 0.2) is 30.3 Å². The number of rotatable bonds is 7. The highest BCUT2D eigenvalue weighted by molar-refractivity contribution is 7.17. The first kappa shape index (κ1) is 27.0. The van der Waals surface area contributed by atoms with Gasteiger partial charge in [-0.2, -0.15) is 13.2 Å². The summed E-state index contributed by atoms with van der Waals surface area (Å²) in [4.78, 5) is 39.4. The second-order valence-electron chi connectivity index (χ2n) is 7.24. The molecule has 0 aliphatic heterocycles. The molecule has 2 aromatic carbocycles. The summed E-state index contributed by atoms with van der Waals surface area (Å²) >= 11 is 6.35. The molecule has 2 N–H and O–H groups in total. The topological polar surface area (TPSA) is 106 Å². The summed E-state index contributed by atoms with van der Waals surface area (Å²) in [6.07, 6.45) is -7.34. The first-order chi connectivity index (χ1) is 16.7. The number of thiazole rings is 1. The molecule has 1 aromatic heterocycles. The standard InChI is InChI=1S/C22H14ClF5N2O5S/c1-8(31)18-17(21(33)34)30-20(36-18)10-7-15(35-9(2)22(26,27)28)11(6-14(10)25)19(32)29-16-12(23)4-3-5-13(16)24/h3-7,9H,1-2H3,(H,29,32)(H,33,34). The second-order valence-corrected chi connectivity index (χ2v) is 8.65. The lowest BCUT2D eigenvalue weighted by atomic mass is 10.1. The zero-order valence-corrected chi connectivity index (χ0v) is 19.7. The number of ketones is 1. The summed E-state index contributed by atoms with van der Waals surface area (Å²) < 4.78 is 73.6. The van der Waals surface area contributed by atoms with Crippen LogP contribution in [-0.4, -0.2) is 40.0 Å². The van der Waals surface area contributed by atoms with Crippen LogP contribution < -0.4 is 10.1 Å². The van der Waals surface area contributed by atoms with Crippen LogP contribution in [0.2, 0.25) is 5.02 Å². The number of benzene rings is 2. The van der Waals surface area contributed by atoms with E-state index in [2.05, 4.69) is 10.3 Å². The number of carbonyl (C=O) groups excluding carboxylic acids is 2. The first-order valence-electron chi connectivity index (χ1n) is 9.78. The molecule has 0 bridgehead atoms. The van der Waals surface area contributed by atoms with Gasteiger partial charge in [0, 0.05) is 12.5 Å². The van der Waals surface area contributed by atoms with Crippen LogP contribution >= 0.6 is 22.9 Å². The Labute approximate surface area is 208 Å². The molecule has 0 radical (unpaired) electrons. The molecule has 0 saturated heterocycles. The van der Waals surface area contributed by atoms with Crippen molar-refractivity contribution in [1.82, 2.24) is 4.98 Å². The van der Waals surface area contributed by atoms with Gasteiger partial charge in [-0.1, -0.05) is 17.7 Å². The van der Waals surface area contributed by atoms with Crippen LogP contribution in [0.3, 0.4) is 0 Å². The van der Waals surface area contributed by atoms with Crippen molar-refractivity contribution in [1.29, 1.82) is 0 Å². The van der Waals surface area contributed by atoms with Crippen molar-refractivity contribution in [2.75, 3.05) is 5.32 Å². The number of carboxylic acid groups (broad SMARTS) is 1. The number of Topliss-reactive ketones (excluding diaryl/α,β-unsaturated/α-hetero) is 1. The Kier molecular flexibility index (Phi) is 7.65. The molecule has 3 rings (SSSR count). The van der Waals surface area contributed by atoms with Crippen LogP contribution in [0.25, 0.3) is 10.6 Å². The van der Waals surface area contributed by atoms with E-state index in [-0.39, 0.29) is 14.9 Å². The Morgan fingerprint density at radius 2 is 1.83 bits per heavy atom. The Bertz CT molecular complexity index is 1320. The molecule has 190 valence electrons. The number of nitrogens with zero attached hydrogens (tertiary/aromatic N) is 1. The number of alkyl halides is 3. The van der Waals surface area contributed by atoms with Gasteiger partial charge in [0.2, 0.25) is 0 Å². The Hall–Kier alpha value is -3.58. The first-order valence-corrected chi connectivity index (χ1v) is 11.0. The minimum Gasteiger partial charge on any atom is -0.480 e. The summed E-state index contributed by atoms with van der Waals surface area (Å²) in [5, 5.41) is 10.7. The number of aromatic nitrogens is 1. The van der Waals surface area contributed by atoms with E-state index >= 15 is 4.39 Å². The number of amides is 1. The van der Waals surface area contributed by atoms with Gasteiger partial charge in [-0.3, -0.25) is 9.59 Å². The van der Waals surface area contributed by atoms with E-state index in [1.165, 1.54) is 12.1 Å². The van der Waals surface area contributed by atoms with E-state index in [0.717, 1.165) is 13.0 Å². The van der Waals surface area contributed by atoms with Gasteiger partial charge in [0.1, 0.15) is 27.3 Å². The zero-order chi connectivity index (χ0) is 26.9. The van der Waals surface area contributed by atoms with Crippen molar-refractivity contribution >= 4 is 46.3 Å². The lowest BCUT2D eigenvalue weighted by molar-refractivity contribution is -0.189. The highest BCUT2D eigenvalue weighted by atomic mass is 35.5. The molecule has 14 heteroatoms. The van der Waals surface area contributed by atoms with Gasteiger partial charge < -0.3 is 15.2 Å². The van der Waals surface area contributed by atoms with Crippen molar-refractivity contribution in [3.8, 4) is 16.3 Å². The van der Waals surface area contributed by atoms with Crippen molar-refractivity contribution in [2.24, 2.45) is 0 Å². The van der Waals surface area contributed by atoms with Gasteiger partial charge in [-0.05, 0) is 31.2 Å². The summed E-state index contributed by atoms with van der Waals surface area (Å²) in [5.74, 6) is -6.43. The van der Waals surface area contributed by atoms with Gasteiger partial charge in [-0.25, -0.2) is 18.6 Å².